The highest BCUT2D eigenvalue weighted by molar-refractivity contribution is 6.76. The first kappa shape index (κ1) is 21.3. The zero-order valence-corrected chi connectivity index (χ0v) is 17.8. The van der Waals surface area contributed by atoms with Crippen LogP contribution in [0.2, 0.25) is 25.7 Å². The van der Waals surface area contributed by atoms with Gasteiger partial charge in [-0.3, -0.25) is 0 Å². The number of rotatable bonds is 7. The van der Waals surface area contributed by atoms with Crippen LogP contribution in [0, 0.1) is 0 Å². The number of ether oxygens (including phenoxy) is 1. The van der Waals surface area contributed by atoms with Crippen LogP contribution in [0.4, 0.5) is 13.2 Å². The van der Waals surface area contributed by atoms with Gasteiger partial charge >= 0.3 is 6.18 Å². The number of hydrogen-bond donors (Lipinski definition) is 0. The third kappa shape index (κ3) is 5.36. The fourth-order valence-electron chi connectivity index (χ4n) is 3.08. The molecule has 0 saturated heterocycles. The Balaban J connectivity index is 2.01. The Bertz CT molecular complexity index is 947. The minimum atomic E-state index is -4.44. The average molecular weight is 419 g/mol. The predicted octanol–water partition coefficient (Wildman–Crippen LogP) is 6.55. The number of alkyl halides is 3. The molecule has 0 aliphatic heterocycles. The summed E-state index contributed by atoms with van der Waals surface area (Å²) in [4.78, 5) is 0. The monoisotopic (exact) mass is 418 g/mol. The molecule has 0 amide bonds. The summed E-state index contributed by atoms with van der Waals surface area (Å²) < 4.78 is 48.2. The molecule has 0 bridgehead atoms. The molecule has 0 atom stereocenters. The number of aromatic nitrogens is 2. The summed E-state index contributed by atoms with van der Waals surface area (Å²) in [5, 5.41) is 4.36. The predicted molar refractivity (Wildman–Crippen MR) is 112 cm³/mol. The lowest BCUT2D eigenvalue weighted by Crippen LogP contribution is -2.22. The van der Waals surface area contributed by atoms with E-state index in [2.05, 4.69) is 24.7 Å². The lowest BCUT2D eigenvalue weighted by Gasteiger charge is -2.17. The molecule has 154 valence electrons. The lowest BCUT2D eigenvalue weighted by atomic mass is 9.97. The first-order valence-electron chi connectivity index (χ1n) is 9.52. The van der Waals surface area contributed by atoms with Gasteiger partial charge in [0.05, 0.1) is 17.5 Å². The minimum absolute atomic E-state index is 0.118. The van der Waals surface area contributed by atoms with Crippen molar-refractivity contribution in [2.45, 2.75) is 38.6 Å². The third-order valence-corrected chi connectivity index (χ3v) is 6.32. The van der Waals surface area contributed by atoms with Crippen molar-refractivity contribution in [1.82, 2.24) is 9.78 Å². The highest BCUT2D eigenvalue weighted by Crippen LogP contribution is 2.40. The molecule has 1 aromatic heterocycles. The van der Waals surface area contributed by atoms with Gasteiger partial charge in [-0.05, 0) is 17.7 Å². The Morgan fingerprint density at radius 2 is 1.59 bits per heavy atom. The molecule has 3 aromatic rings. The standard InChI is InChI=1S/C22H25F3N2OSi/c1-29(2,3)14-13-28-16-27-21(17-9-5-4-6-10-17)19(15-26-27)18-11-7-8-12-20(18)22(23,24)25/h4-12,15H,13-14,16H2,1-3H3. The lowest BCUT2D eigenvalue weighted by molar-refractivity contribution is -0.137. The molecule has 0 unspecified atom stereocenters. The summed E-state index contributed by atoms with van der Waals surface area (Å²) in [5.74, 6) is 0. The van der Waals surface area contributed by atoms with E-state index < -0.39 is 19.8 Å². The quantitative estimate of drug-likeness (QED) is 0.321. The summed E-state index contributed by atoms with van der Waals surface area (Å²) >= 11 is 0. The second kappa shape index (κ2) is 8.55. The van der Waals surface area contributed by atoms with Gasteiger partial charge in [-0.2, -0.15) is 18.3 Å². The van der Waals surface area contributed by atoms with Crippen LogP contribution in [0.15, 0.2) is 60.8 Å². The van der Waals surface area contributed by atoms with Crippen molar-refractivity contribution < 1.29 is 17.9 Å². The summed E-state index contributed by atoms with van der Waals surface area (Å²) in [6.45, 7) is 7.62. The summed E-state index contributed by atoms with van der Waals surface area (Å²) in [6, 6.07) is 16.0. The van der Waals surface area contributed by atoms with Crippen LogP contribution in [0.3, 0.4) is 0 Å². The molecule has 1 heterocycles. The molecule has 29 heavy (non-hydrogen) atoms. The zero-order valence-electron chi connectivity index (χ0n) is 16.8. The molecular weight excluding hydrogens is 393 g/mol. The van der Waals surface area contributed by atoms with Gasteiger partial charge in [-0.15, -0.1) is 0 Å². The van der Waals surface area contributed by atoms with E-state index in [4.69, 9.17) is 4.74 Å². The highest BCUT2D eigenvalue weighted by atomic mass is 28.3. The molecule has 3 nitrogen and oxygen atoms in total. The van der Waals surface area contributed by atoms with Crippen LogP contribution in [-0.2, 0) is 17.6 Å². The van der Waals surface area contributed by atoms with Crippen molar-refractivity contribution in [1.29, 1.82) is 0 Å². The normalized spacial score (nSPS) is 12.3. The first-order chi connectivity index (χ1) is 13.7. The number of hydrogen-bond acceptors (Lipinski definition) is 2. The number of nitrogens with zero attached hydrogens (tertiary/aromatic N) is 2. The van der Waals surface area contributed by atoms with Crippen molar-refractivity contribution in [3.63, 3.8) is 0 Å². The van der Waals surface area contributed by atoms with Crippen molar-refractivity contribution in [2.24, 2.45) is 0 Å². The van der Waals surface area contributed by atoms with Gasteiger partial charge in [-0.1, -0.05) is 68.2 Å². The highest BCUT2D eigenvalue weighted by Gasteiger charge is 2.34. The van der Waals surface area contributed by atoms with Gasteiger partial charge in [0.1, 0.15) is 6.73 Å². The molecular formula is C22H25F3N2OSi. The van der Waals surface area contributed by atoms with Crippen LogP contribution < -0.4 is 0 Å². The smallest absolute Gasteiger partial charge is 0.360 e. The summed E-state index contributed by atoms with van der Waals surface area (Å²) in [5.41, 5.74) is 1.31. The third-order valence-electron chi connectivity index (χ3n) is 4.62. The topological polar surface area (TPSA) is 27.1 Å². The van der Waals surface area contributed by atoms with Crippen LogP contribution in [0.25, 0.3) is 22.4 Å². The van der Waals surface area contributed by atoms with E-state index in [0.29, 0.717) is 17.9 Å². The zero-order chi connectivity index (χ0) is 21.1. The van der Waals surface area contributed by atoms with Crippen molar-refractivity contribution in [3.8, 4) is 22.4 Å². The van der Waals surface area contributed by atoms with Gasteiger partial charge in [0.15, 0.2) is 0 Å². The van der Waals surface area contributed by atoms with E-state index >= 15 is 0 Å². The van der Waals surface area contributed by atoms with Gasteiger partial charge in [0, 0.05) is 25.8 Å². The molecule has 2 aromatic carbocycles. The molecule has 0 aliphatic carbocycles. The minimum Gasteiger partial charge on any atom is -0.360 e. The van der Waals surface area contributed by atoms with E-state index in [9.17, 15) is 13.2 Å². The second-order valence-corrected chi connectivity index (χ2v) is 13.8. The van der Waals surface area contributed by atoms with E-state index in [0.717, 1.165) is 17.7 Å². The Morgan fingerprint density at radius 3 is 2.24 bits per heavy atom. The van der Waals surface area contributed by atoms with E-state index in [1.54, 1.807) is 10.7 Å². The maximum Gasteiger partial charge on any atom is 0.417 e. The van der Waals surface area contributed by atoms with E-state index in [1.165, 1.54) is 18.3 Å². The Labute approximate surface area is 170 Å². The Kier molecular flexibility index (Phi) is 6.29. The van der Waals surface area contributed by atoms with Crippen molar-refractivity contribution in [3.05, 3.63) is 66.4 Å². The molecule has 7 heteroatoms. The van der Waals surface area contributed by atoms with E-state index in [-0.39, 0.29) is 12.3 Å². The van der Waals surface area contributed by atoms with Crippen molar-refractivity contribution >= 4 is 8.07 Å². The van der Waals surface area contributed by atoms with Gasteiger partial charge in [-0.25, -0.2) is 4.68 Å². The number of halogens is 3. The van der Waals surface area contributed by atoms with Gasteiger partial charge in [0.25, 0.3) is 0 Å². The molecule has 0 N–H and O–H groups in total. The molecule has 0 saturated carbocycles. The fraction of sp³-hybridized carbons (Fsp3) is 0.318. The molecule has 0 radical (unpaired) electrons. The molecule has 0 spiro atoms. The maximum absolute atomic E-state index is 13.6. The summed E-state index contributed by atoms with van der Waals surface area (Å²) in [6.07, 6.45) is -2.95. The summed E-state index contributed by atoms with van der Waals surface area (Å²) in [7, 11) is -1.23. The fourth-order valence-corrected chi connectivity index (χ4v) is 3.83. The largest absolute Gasteiger partial charge is 0.417 e. The second-order valence-electron chi connectivity index (χ2n) is 8.16. The Hall–Kier alpha value is -2.38. The van der Waals surface area contributed by atoms with Gasteiger partial charge < -0.3 is 4.74 Å². The van der Waals surface area contributed by atoms with E-state index in [1.807, 2.05) is 30.3 Å². The van der Waals surface area contributed by atoms with Crippen LogP contribution >= 0.6 is 0 Å². The Morgan fingerprint density at radius 1 is 0.931 bits per heavy atom. The molecule has 0 fully saturated rings. The SMILES string of the molecule is C[Si](C)(C)CCOCn1ncc(-c2ccccc2C(F)(F)F)c1-c1ccccc1. The van der Waals surface area contributed by atoms with Crippen LogP contribution in [0.5, 0.6) is 0 Å². The maximum atomic E-state index is 13.6. The first-order valence-corrected chi connectivity index (χ1v) is 13.2. The molecule has 3 rings (SSSR count). The molecule has 0 aliphatic rings. The van der Waals surface area contributed by atoms with Gasteiger partial charge in [0.2, 0.25) is 0 Å². The van der Waals surface area contributed by atoms with Crippen LogP contribution in [-0.4, -0.2) is 24.5 Å². The average Bonchev–Trinajstić information content (AvgIpc) is 3.08. The van der Waals surface area contributed by atoms with Crippen LogP contribution in [0.1, 0.15) is 5.56 Å². The number of benzene rings is 2. The van der Waals surface area contributed by atoms with Crippen molar-refractivity contribution in [2.75, 3.05) is 6.61 Å².